The number of carboxylic acids is 1. The van der Waals surface area contributed by atoms with Gasteiger partial charge >= 0.3 is 5.97 Å². The Morgan fingerprint density at radius 1 is 1.47 bits per heavy atom. The monoisotopic (exact) mass is 319 g/mol. The summed E-state index contributed by atoms with van der Waals surface area (Å²) in [5.41, 5.74) is 0. The summed E-state index contributed by atoms with van der Waals surface area (Å²) in [6, 6.07) is 2.00. The average Bonchev–Trinajstić information content (AvgIpc) is 2.68. The molecule has 1 N–H and O–H groups in total. The summed E-state index contributed by atoms with van der Waals surface area (Å²) in [7, 11) is 1.63. The number of hydrogen-bond acceptors (Lipinski definition) is 3. The quantitative estimate of drug-likeness (QED) is 0.875. The van der Waals surface area contributed by atoms with Gasteiger partial charge in [0.1, 0.15) is 0 Å². The van der Waals surface area contributed by atoms with Gasteiger partial charge in [-0.05, 0) is 28.4 Å². The fourth-order valence-electron chi connectivity index (χ4n) is 1.29. The molecule has 0 bridgehead atoms. The van der Waals surface area contributed by atoms with Crippen molar-refractivity contribution in [1.82, 2.24) is 4.90 Å². The summed E-state index contributed by atoms with van der Waals surface area (Å²) < 4.78 is 1.03. The minimum Gasteiger partial charge on any atom is -0.481 e. The first-order valence-corrected chi connectivity index (χ1v) is 6.85. The Morgan fingerprint density at radius 2 is 2.18 bits per heavy atom. The number of amides is 1. The Balaban J connectivity index is 2.31. The van der Waals surface area contributed by atoms with Crippen LogP contribution in [0.3, 0.4) is 0 Å². The summed E-state index contributed by atoms with van der Waals surface area (Å²) >= 11 is 4.97. The van der Waals surface area contributed by atoms with E-state index < -0.39 is 5.97 Å². The molecule has 0 aliphatic rings. The van der Waals surface area contributed by atoms with Crippen LogP contribution in [0.1, 0.15) is 17.7 Å². The van der Waals surface area contributed by atoms with E-state index in [0.717, 1.165) is 9.35 Å². The van der Waals surface area contributed by atoms with Crippen LogP contribution in [0.25, 0.3) is 0 Å². The van der Waals surface area contributed by atoms with Crippen molar-refractivity contribution in [2.24, 2.45) is 0 Å². The highest BCUT2D eigenvalue weighted by Gasteiger charge is 2.10. The van der Waals surface area contributed by atoms with Crippen molar-refractivity contribution in [2.45, 2.75) is 19.3 Å². The second kappa shape index (κ2) is 6.76. The van der Waals surface area contributed by atoms with Gasteiger partial charge in [-0.15, -0.1) is 11.3 Å². The third-order valence-corrected chi connectivity index (χ3v) is 4.05. The van der Waals surface area contributed by atoms with Gasteiger partial charge in [0.25, 0.3) is 0 Å². The minimum atomic E-state index is -0.883. The largest absolute Gasteiger partial charge is 0.481 e. The highest BCUT2D eigenvalue weighted by molar-refractivity contribution is 9.10. The summed E-state index contributed by atoms with van der Waals surface area (Å²) in [4.78, 5) is 24.6. The van der Waals surface area contributed by atoms with Crippen molar-refractivity contribution in [3.05, 3.63) is 20.8 Å². The third kappa shape index (κ3) is 5.32. The van der Waals surface area contributed by atoms with Crippen molar-refractivity contribution >= 4 is 39.1 Å². The van der Waals surface area contributed by atoms with Crippen molar-refractivity contribution in [3.8, 4) is 0 Å². The van der Waals surface area contributed by atoms with E-state index in [9.17, 15) is 9.59 Å². The molecule has 0 saturated heterocycles. The van der Waals surface area contributed by atoms with Crippen molar-refractivity contribution < 1.29 is 14.7 Å². The zero-order valence-corrected chi connectivity index (χ0v) is 11.9. The predicted molar refractivity (Wildman–Crippen MR) is 70.2 cm³/mol. The predicted octanol–water partition coefficient (Wildman–Crippen LogP) is 2.38. The Hall–Kier alpha value is -0.880. The molecule has 0 aliphatic carbocycles. The third-order valence-electron chi connectivity index (χ3n) is 2.29. The molecule has 17 heavy (non-hydrogen) atoms. The van der Waals surface area contributed by atoms with Gasteiger partial charge in [-0.3, -0.25) is 9.59 Å². The van der Waals surface area contributed by atoms with Crippen LogP contribution in [0, 0.1) is 0 Å². The van der Waals surface area contributed by atoms with Gasteiger partial charge in [0.05, 0.1) is 6.42 Å². The molecule has 0 unspecified atom stereocenters. The Kier molecular flexibility index (Phi) is 5.64. The van der Waals surface area contributed by atoms with Gasteiger partial charge in [-0.2, -0.15) is 0 Å². The van der Waals surface area contributed by atoms with E-state index in [0.29, 0.717) is 12.8 Å². The second-order valence-corrected chi connectivity index (χ2v) is 5.60. The highest BCUT2D eigenvalue weighted by Crippen LogP contribution is 2.21. The molecule has 0 saturated carbocycles. The molecule has 1 amide bonds. The standard InChI is InChI=1S/C11H14BrNO3S/c1-13(5-4-11(15)16)10(14)3-2-9-6-8(12)7-17-9/h6-7H,2-5H2,1H3,(H,15,16). The number of thiophene rings is 1. The molecule has 0 radical (unpaired) electrons. The van der Waals surface area contributed by atoms with Crippen LogP contribution in [0.15, 0.2) is 15.9 Å². The zero-order chi connectivity index (χ0) is 12.8. The number of carboxylic acid groups (broad SMARTS) is 1. The molecule has 1 heterocycles. The fourth-order valence-corrected chi connectivity index (χ4v) is 2.75. The van der Waals surface area contributed by atoms with Gasteiger partial charge in [0, 0.05) is 34.7 Å². The molecular formula is C11H14BrNO3S. The number of aryl methyl sites for hydroxylation is 1. The van der Waals surface area contributed by atoms with Crippen LogP contribution >= 0.6 is 27.3 Å². The lowest BCUT2D eigenvalue weighted by molar-refractivity contribution is -0.138. The number of carbonyl (C=O) groups excluding carboxylic acids is 1. The number of carbonyl (C=O) groups is 2. The molecule has 0 atom stereocenters. The lowest BCUT2D eigenvalue weighted by atomic mass is 10.2. The Bertz CT molecular complexity index is 405. The first-order valence-electron chi connectivity index (χ1n) is 5.17. The van der Waals surface area contributed by atoms with Gasteiger partial charge in [-0.25, -0.2) is 0 Å². The van der Waals surface area contributed by atoms with E-state index in [2.05, 4.69) is 15.9 Å². The molecule has 1 aromatic heterocycles. The second-order valence-electron chi connectivity index (χ2n) is 3.69. The summed E-state index contributed by atoms with van der Waals surface area (Å²) in [5, 5.41) is 10.5. The lowest BCUT2D eigenvalue weighted by Crippen LogP contribution is -2.29. The van der Waals surface area contributed by atoms with E-state index in [-0.39, 0.29) is 18.9 Å². The van der Waals surface area contributed by atoms with E-state index in [1.807, 2.05) is 11.4 Å². The van der Waals surface area contributed by atoms with Crippen molar-refractivity contribution in [3.63, 3.8) is 0 Å². The highest BCUT2D eigenvalue weighted by atomic mass is 79.9. The smallest absolute Gasteiger partial charge is 0.305 e. The van der Waals surface area contributed by atoms with Crippen LogP contribution in [-0.4, -0.2) is 35.5 Å². The van der Waals surface area contributed by atoms with Crippen LogP contribution in [0.4, 0.5) is 0 Å². The van der Waals surface area contributed by atoms with Crippen molar-refractivity contribution in [1.29, 1.82) is 0 Å². The molecule has 94 valence electrons. The average molecular weight is 320 g/mol. The van der Waals surface area contributed by atoms with Gasteiger partial charge in [0.15, 0.2) is 0 Å². The molecular weight excluding hydrogens is 306 g/mol. The fraction of sp³-hybridized carbons (Fsp3) is 0.455. The van der Waals surface area contributed by atoms with Gasteiger partial charge in [0.2, 0.25) is 5.91 Å². The van der Waals surface area contributed by atoms with Gasteiger partial charge in [-0.1, -0.05) is 0 Å². The summed E-state index contributed by atoms with van der Waals surface area (Å²) in [5.74, 6) is -0.900. The van der Waals surface area contributed by atoms with E-state index in [4.69, 9.17) is 5.11 Å². The first kappa shape index (κ1) is 14.2. The van der Waals surface area contributed by atoms with E-state index in [1.165, 1.54) is 4.90 Å². The SMILES string of the molecule is CN(CCC(=O)O)C(=O)CCc1cc(Br)cs1. The first-order chi connectivity index (χ1) is 7.99. The van der Waals surface area contributed by atoms with Crippen LogP contribution < -0.4 is 0 Å². The van der Waals surface area contributed by atoms with Crippen molar-refractivity contribution in [2.75, 3.05) is 13.6 Å². The summed E-state index contributed by atoms with van der Waals surface area (Å²) in [6.45, 7) is 0.266. The van der Waals surface area contributed by atoms with Crippen LogP contribution in [-0.2, 0) is 16.0 Å². The number of rotatable bonds is 6. The molecule has 4 nitrogen and oxygen atoms in total. The Morgan fingerprint density at radius 3 is 2.71 bits per heavy atom. The number of halogens is 1. The van der Waals surface area contributed by atoms with E-state index in [1.54, 1.807) is 18.4 Å². The number of aliphatic carboxylic acids is 1. The molecule has 0 aromatic carbocycles. The summed E-state index contributed by atoms with van der Waals surface area (Å²) in [6.07, 6.45) is 1.11. The molecule has 1 aromatic rings. The lowest BCUT2D eigenvalue weighted by Gasteiger charge is -2.15. The van der Waals surface area contributed by atoms with Gasteiger partial charge < -0.3 is 10.0 Å². The van der Waals surface area contributed by atoms with Crippen LogP contribution in [0.2, 0.25) is 0 Å². The zero-order valence-electron chi connectivity index (χ0n) is 9.48. The maximum atomic E-state index is 11.7. The molecule has 0 fully saturated rings. The van der Waals surface area contributed by atoms with Crippen LogP contribution in [0.5, 0.6) is 0 Å². The Labute approximate surface area is 112 Å². The minimum absolute atomic E-state index is 0.00715. The maximum Gasteiger partial charge on any atom is 0.305 e. The number of hydrogen-bond donors (Lipinski definition) is 1. The van der Waals surface area contributed by atoms with E-state index >= 15 is 0 Å². The molecule has 1 rings (SSSR count). The molecule has 0 spiro atoms. The maximum absolute atomic E-state index is 11.7. The normalized spacial score (nSPS) is 10.2. The topological polar surface area (TPSA) is 57.6 Å². The molecule has 0 aliphatic heterocycles. The number of nitrogens with zero attached hydrogens (tertiary/aromatic N) is 1. The molecule has 6 heteroatoms.